The Balaban J connectivity index is 2.25. The van der Waals surface area contributed by atoms with Crippen LogP contribution in [0.4, 0.5) is 8.78 Å². The summed E-state index contributed by atoms with van der Waals surface area (Å²) in [6, 6.07) is 2.37. The van der Waals surface area contributed by atoms with Crippen LogP contribution in [0, 0.1) is 11.6 Å². The third-order valence-electron chi connectivity index (χ3n) is 2.71. The molecule has 0 fully saturated rings. The Morgan fingerprint density at radius 3 is 2.80 bits per heavy atom. The molecule has 102 valence electrons. The SMILES string of the molecule is COc1ccc(F)c(F)c1-c1ncsc1-c1ncn[nH]1. The molecule has 3 aromatic rings. The van der Waals surface area contributed by atoms with Crippen molar-refractivity contribution in [2.24, 2.45) is 0 Å². The zero-order chi connectivity index (χ0) is 14.1. The normalized spacial score (nSPS) is 10.8. The maximum absolute atomic E-state index is 14.1. The van der Waals surface area contributed by atoms with Gasteiger partial charge in [-0.15, -0.1) is 11.3 Å². The molecular formula is C12H8F2N4OS. The molecule has 0 aliphatic rings. The van der Waals surface area contributed by atoms with Gasteiger partial charge in [-0.2, -0.15) is 5.10 Å². The van der Waals surface area contributed by atoms with Crippen molar-refractivity contribution >= 4 is 11.3 Å². The number of thiazole rings is 1. The molecule has 1 N–H and O–H groups in total. The highest BCUT2D eigenvalue weighted by Crippen LogP contribution is 2.39. The van der Waals surface area contributed by atoms with Gasteiger partial charge in [0, 0.05) is 0 Å². The molecule has 5 nitrogen and oxygen atoms in total. The van der Waals surface area contributed by atoms with Crippen molar-refractivity contribution in [3.05, 3.63) is 35.6 Å². The van der Waals surface area contributed by atoms with Crippen molar-refractivity contribution in [3.8, 4) is 27.7 Å². The van der Waals surface area contributed by atoms with Crippen LogP contribution >= 0.6 is 11.3 Å². The lowest BCUT2D eigenvalue weighted by molar-refractivity contribution is 0.409. The molecule has 2 aromatic heterocycles. The fourth-order valence-corrected chi connectivity index (χ4v) is 2.57. The summed E-state index contributed by atoms with van der Waals surface area (Å²) in [5.41, 5.74) is 1.76. The monoisotopic (exact) mass is 294 g/mol. The standard InChI is InChI=1S/C12H8F2N4OS/c1-19-7-3-2-6(13)9(14)8(7)10-11(20-5-16-10)12-15-4-17-18-12/h2-5H,1H3,(H,15,17,18). The van der Waals surface area contributed by atoms with Gasteiger partial charge >= 0.3 is 0 Å². The zero-order valence-corrected chi connectivity index (χ0v) is 11.0. The highest BCUT2D eigenvalue weighted by atomic mass is 32.1. The maximum Gasteiger partial charge on any atom is 0.171 e. The van der Waals surface area contributed by atoms with E-state index in [2.05, 4.69) is 20.2 Å². The van der Waals surface area contributed by atoms with Crippen molar-refractivity contribution in [3.63, 3.8) is 0 Å². The average molecular weight is 294 g/mol. The first-order valence-corrected chi connectivity index (χ1v) is 6.42. The fraction of sp³-hybridized carbons (Fsp3) is 0.0833. The summed E-state index contributed by atoms with van der Waals surface area (Å²) in [7, 11) is 1.39. The fourth-order valence-electron chi connectivity index (χ4n) is 1.83. The van der Waals surface area contributed by atoms with E-state index in [1.807, 2.05) is 0 Å². The summed E-state index contributed by atoms with van der Waals surface area (Å²) in [5.74, 6) is -1.32. The molecule has 0 aliphatic carbocycles. The quantitative estimate of drug-likeness (QED) is 0.806. The number of halogens is 2. The van der Waals surface area contributed by atoms with Crippen LogP contribution in [0.15, 0.2) is 24.0 Å². The molecular weight excluding hydrogens is 286 g/mol. The number of hydrogen-bond acceptors (Lipinski definition) is 5. The van der Waals surface area contributed by atoms with E-state index < -0.39 is 11.6 Å². The van der Waals surface area contributed by atoms with Crippen LogP contribution in [0.1, 0.15) is 0 Å². The third-order valence-corrected chi connectivity index (χ3v) is 3.54. The Morgan fingerprint density at radius 2 is 2.10 bits per heavy atom. The lowest BCUT2D eigenvalue weighted by atomic mass is 10.1. The lowest BCUT2D eigenvalue weighted by Crippen LogP contribution is -1.96. The van der Waals surface area contributed by atoms with Gasteiger partial charge in [0.15, 0.2) is 17.5 Å². The first kappa shape index (κ1) is 12.7. The molecule has 2 heterocycles. The van der Waals surface area contributed by atoms with Gasteiger partial charge in [-0.05, 0) is 12.1 Å². The first-order valence-electron chi connectivity index (χ1n) is 5.54. The van der Waals surface area contributed by atoms with Crippen molar-refractivity contribution in [2.75, 3.05) is 7.11 Å². The van der Waals surface area contributed by atoms with E-state index in [9.17, 15) is 8.78 Å². The van der Waals surface area contributed by atoms with Crippen molar-refractivity contribution in [2.45, 2.75) is 0 Å². The minimum atomic E-state index is -1.00. The summed E-state index contributed by atoms with van der Waals surface area (Å²) in [4.78, 5) is 8.66. The Labute approximate surface area is 116 Å². The highest BCUT2D eigenvalue weighted by Gasteiger charge is 2.22. The zero-order valence-electron chi connectivity index (χ0n) is 10.2. The van der Waals surface area contributed by atoms with E-state index in [4.69, 9.17) is 4.74 Å². The molecule has 0 saturated carbocycles. The molecule has 0 spiro atoms. The van der Waals surface area contributed by atoms with Crippen molar-refractivity contribution in [1.29, 1.82) is 0 Å². The smallest absolute Gasteiger partial charge is 0.171 e. The van der Waals surface area contributed by atoms with Crippen LogP contribution in [0.3, 0.4) is 0 Å². The number of hydrogen-bond donors (Lipinski definition) is 1. The van der Waals surface area contributed by atoms with Gasteiger partial charge in [-0.1, -0.05) is 0 Å². The van der Waals surface area contributed by atoms with E-state index in [0.717, 1.165) is 6.07 Å². The summed E-state index contributed by atoms with van der Waals surface area (Å²) in [6.45, 7) is 0. The molecule has 0 bridgehead atoms. The Morgan fingerprint density at radius 1 is 1.25 bits per heavy atom. The number of nitrogens with zero attached hydrogens (tertiary/aromatic N) is 3. The number of rotatable bonds is 3. The summed E-state index contributed by atoms with van der Waals surface area (Å²) >= 11 is 1.25. The second kappa shape index (κ2) is 4.97. The minimum absolute atomic E-state index is 0.0276. The molecule has 20 heavy (non-hydrogen) atoms. The van der Waals surface area contributed by atoms with E-state index in [0.29, 0.717) is 10.7 Å². The summed E-state index contributed by atoms with van der Waals surface area (Å²) < 4.78 is 32.7. The number of aromatic nitrogens is 4. The molecule has 0 saturated heterocycles. The molecule has 0 amide bonds. The topological polar surface area (TPSA) is 63.7 Å². The lowest BCUT2D eigenvalue weighted by Gasteiger charge is -2.09. The first-order chi connectivity index (χ1) is 9.72. The van der Waals surface area contributed by atoms with Gasteiger partial charge in [0.2, 0.25) is 0 Å². The Kier molecular flexibility index (Phi) is 3.15. The van der Waals surface area contributed by atoms with Crippen molar-refractivity contribution < 1.29 is 13.5 Å². The Hall–Kier alpha value is -2.35. The highest BCUT2D eigenvalue weighted by molar-refractivity contribution is 7.13. The van der Waals surface area contributed by atoms with Gasteiger partial charge < -0.3 is 4.74 Å². The van der Waals surface area contributed by atoms with Gasteiger partial charge in [-0.3, -0.25) is 5.10 Å². The van der Waals surface area contributed by atoms with Gasteiger partial charge in [0.25, 0.3) is 0 Å². The summed E-state index contributed by atoms with van der Waals surface area (Å²) in [5, 5.41) is 6.41. The molecule has 3 rings (SSSR count). The van der Waals surface area contributed by atoms with Crippen molar-refractivity contribution in [1.82, 2.24) is 20.2 Å². The predicted octanol–water partition coefficient (Wildman–Crippen LogP) is 2.88. The van der Waals surface area contributed by atoms with Crippen LogP contribution in [-0.2, 0) is 0 Å². The second-order valence-electron chi connectivity index (χ2n) is 3.80. The van der Waals surface area contributed by atoms with E-state index in [1.165, 1.54) is 36.4 Å². The molecule has 0 radical (unpaired) electrons. The number of aromatic amines is 1. The maximum atomic E-state index is 14.1. The predicted molar refractivity (Wildman–Crippen MR) is 69.4 cm³/mol. The third kappa shape index (κ3) is 1.94. The number of H-pyrrole nitrogens is 1. The summed E-state index contributed by atoms with van der Waals surface area (Å²) in [6.07, 6.45) is 1.33. The molecule has 8 heteroatoms. The van der Waals surface area contributed by atoms with E-state index in [-0.39, 0.29) is 17.0 Å². The van der Waals surface area contributed by atoms with Crippen LogP contribution < -0.4 is 4.74 Å². The number of benzene rings is 1. The molecule has 0 unspecified atom stereocenters. The van der Waals surface area contributed by atoms with Crippen LogP contribution in [0.25, 0.3) is 22.0 Å². The average Bonchev–Trinajstić information content (AvgIpc) is 3.11. The van der Waals surface area contributed by atoms with E-state index >= 15 is 0 Å². The molecule has 0 aliphatic heterocycles. The van der Waals surface area contributed by atoms with Crippen LogP contribution in [-0.4, -0.2) is 27.3 Å². The second-order valence-corrected chi connectivity index (χ2v) is 4.66. The van der Waals surface area contributed by atoms with Gasteiger partial charge in [0.05, 0.1) is 28.8 Å². The molecule has 0 atom stereocenters. The largest absolute Gasteiger partial charge is 0.496 e. The Bertz CT molecular complexity index is 742. The van der Waals surface area contributed by atoms with Crippen LogP contribution in [0.5, 0.6) is 5.75 Å². The number of nitrogens with one attached hydrogen (secondary N) is 1. The number of methoxy groups -OCH3 is 1. The number of ether oxygens (including phenoxy) is 1. The van der Waals surface area contributed by atoms with Crippen LogP contribution in [0.2, 0.25) is 0 Å². The molecule has 1 aromatic carbocycles. The van der Waals surface area contributed by atoms with Gasteiger partial charge in [0.1, 0.15) is 12.1 Å². The van der Waals surface area contributed by atoms with E-state index in [1.54, 1.807) is 0 Å². The van der Waals surface area contributed by atoms with Gasteiger partial charge in [-0.25, -0.2) is 18.7 Å². The minimum Gasteiger partial charge on any atom is -0.496 e.